The Morgan fingerprint density at radius 3 is 1.33 bits per heavy atom. The van der Waals surface area contributed by atoms with Gasteiger partial charge in [-0.2, -0.15) is 0 Å². The first-order chi connectivity index (χ1) is 11.4. The molecule has 0 atom stereocenters. The van der Waals surface area contributed by atoms with Crippen molar-refractivity contribution < 1.29 is 0 Å². The van der Waals surface area contributed by atoms with Gasteiger partial charge >= 0.3 is 0 Å². The Bertz CT molecular complexity index is 696. The number of nitrogens with zero attached hydrogens (tertiary/aromatic N) is 2. The maximum atomic E-state index is 6.31. The number of benzene rings is 2. The molecular weight excluding hydrogens is 339 g/mol. The third-order valence-corrected chi connectivity index (χ3v) is 4.35. The normalized spacial score (nSPS) is 13.0. The zero-order chi connectivity index (χ0) is 17.7. The molecule has 0 aliphatic rings. The molecule has 0 heterocycles. The Hall–Kier alpha value is -1.64. The number of halogens is 2. The van der Waals surface area contributed by atoms with Gasteiger partial charge in [-0.3, -0.25) is 0 Å². The first-order valence-corrected chi connectivity index (χ1v) is 8.82. The minimum Gasteiger partial charge on any atom is -0.233 e. The van der Waals surface area contributed by atoms with Gasteiger partial charge in [0.1, 0.15) is 0 Å². The summed E-state index contributed by atoms with van der Waals surface area (Å²) in [6, 6.07) is 15.8. The number of hydrogen-bond donors (Lipinski definition) is 0. The second-order valence-corrected chi connectivity index (χ2v) is 6.95. The van der Waals surface area contributed by atoms with Crippen LogP contribution < -0.4 is 0 Å². The van der Waals surface area contributed by atoms with Gasteiger partial charge < -0.3 is 0 Å². The summed E-state index contributed by atoms with van der Waals surface area (Å²) in [5, 5.41) is 0.395. The fourth-order valence-electron chi connectivity index (χ4n) is 2.46. The van der Waals surface area contributed by atoms with Crippen LogP contribution in [0.25, 0.3) is 0 Å². The number of hydrogen-bond acceptors (Lipinski definition) is 2. The Kier molecular flexibility index (Phi) is 6.59. The summed E-state index contributed by atoms with van der Waals surface area (Å²) in [7, 11) is 0. The topological polar surface area (TPSA) is 24.7 Å². The Balaban J connectivity index is 2.38. The van der Waals surface area contributed by atoms with Crippen LogP contribution in [0.1, 0.15) is 50.7 Å². The molecule has 0 bridgehead atoms. The van der Waals surface area contributed by atoms with Crippen molar-refractivity contribution in [3.05, 3.63) is 59.7 Å². The summed E-state index contributed by atoms with van der Waals surface area (Å²) in [6.07, 6.45) is 0. The third kappa shape index (κ3) is 4.68. The van der Waals surface area contributed by atoms with Crippen molar-refractivity contribution >= 4 is 44.9 Å². The van der Waals surface area contributed by atoms with E-state index in [0.717, 1.165) is 22.5 Å². The molecule has 0 spiro atoms. The molecule has 0 aliphatic heterocycles. The molecule has 24 heavy (non-hydrogen) atoms. The van der Waals surface area contributed by atoms with E-state index in [-0.39, 0.29) is 10.3 Å². The highest BCUT2D eigenvalue weighted by Crippen LogP contribution is 2.29. The molecule has 2 nitrogen and oxygen atoms in total. The van der Waals surface area contributed by atoms with Crippen molar-refractivity contribution in [1.29, 1.82) is 0 Å². The summed E-state index contributed by atoms with van der Waals surface area (Å²) < 4.78 is 0. The van der Waals surface area contributed by atoms with Gasteiger partial charge in [-0.05, 0) is 35.1 Å². The molecule has 126 valence electrons. The lowest BCUT2D eigenvalue weighted by atomic mass is 10.0. The van der Waals surface area contributed by atoms with Crippen LogP contribution in [0.15, 0.2) is 58.5 Å². The van der Waals surface area contributed by atoms with Crippen molar-refractivity contribution in [3.63, 3.8) is 0 Å². The van der Waals surface area contributed by atoms with Crippen molar-refractivity contribution in [2.45, 2.75) is 39.5 Å². The second kappa shape index (κ2) is 8.46. The molecule has 0 amide bonds. The van der Waals surface area contributed by atoms with Gasteiger partial charge in [-0.1, -0.05) is 87.3 Å². The van der Waals surface area contributed by atoms with Gasteiger partial charge in [0.15, 0.2) is 10.3 Å². The SMILES string of the molecule is CC(C)c1ccccc1N=C(Cl)C(Cl)=Nc1ccccc1C(C)C. The highest BCUT2D eigenvalue weighted by Gasteiger charge is 2.10. The highest BCUT2D eigenvalue weighted by atomic mass is 35.5. The van der Waals surface area contributed by atoms with Crippen LogP contribution in [0.5, 0.6) is 0 Å². The fourth-order valence-corrected chi connectivity index (χ4v) is 2.73. The first kappa shape index (κ1) is 18.7. The monoisotopic (exact) mass is 360 g/mol. The van der Waals surface area contributed by atoms with E-state index in [1.807, 2.05) is 48.5 Å². The predicted molar refractivity (Wildman–Crippen MR) is 107 cm³/mol. The summed E-state index contributed by atoms with van der Waals surface area (Å²) in [6.45, 7) is 8.49. The van der Waals surface area contributed by atoms with Crippen LogP contribution in [-0.4, -0.2) is 10.3 Å². The predicted octanol–water partition coefficient (Wildman–Crippen LogP) is 7.17. The lowest BCUT2D eigenvalue weighted by molar-refractivity contribution is 0.867. The molecule has 2 aromatic rings. The Labute approximate surface area is 154 Å². The summed E-state index contributed by atoms with van der Waals surface area (Å²) in [5.74, 6) is 0.707. The minimum absolute atomic E-state index is 0.198. The van der Waals surface area contributed by atoms with E-state index >= 15 is 0 Å². The zero-order valence-electron chi connectivity index (χ0n) is 14.4. The lowest BCUT2D eigenvalue weighted by Gasteiger charge is -2.10. The van der Waals surface area contributed by atoms with Crippen molar-refractivity contribution in [3.8, 4) is 0 Å². The van der Waals surface area contributed by atoms with E-state index in [0.29, 0.717) is 11.8 Å². The maximum Gasteiger partial charge on any atom is 0.166 e. The van der Waals surface area contributed by atoms with Gasteiger partial charge in [-0.15, -0.1) is 0 Å². The molecule has 0 radical (unpaired) electrons. The zero-order valence-corrected chi connectivity index (χ0v) is 15.9. The van der Waals surface area contributed by atoms with Crippen molar-refractivity contribution in [1.82, 2.24) is 0 Å². The lowest BCUT2D eigenvalue weighted by Crippen LogP contribution is -2.00. The van der Waals surface area contributed by atoms with E-state index in [1.54, 1.807) is 0 Å². The highest BCUT2D eigenvalue weighted by molar-refractivity contribution is 7.00. The molecule has 4 heteroatoms. The largest absolute Gasteiger partial charge is 0.233 e. The van der Waals surface area contributed by atoms with Crippen LogP contribution in [0.2, 0.25) is 0 Å². The van der Waals surface area contributed by atoms with Crippen LogP contribution in [-0.2, 0) is 0 Å². The molecule has 0 saturated carbocycles. The first-order valence-electron chi connectivity index (χ1n) is 8.06. The van der Waals surface area contributed by atoms with Crippen LogP contribution in [0.4, 0.5) is 11.4 Å². The van der Waals surface area contributed by atoms with E-state index in [1.165, 1.54) is 0 Å². The number of rotatable bonds is 5. The smallest absolute Gasteiger partial charge is 0.166 e. The Morgan fingerprint density at radius 2 is 1.00 bits per heavy atom. The molecule has 0 saturated heterocycles. The molecule has 2 rings (SSSR count). The van der Waals surface area contributed by atoms with E-state index in [9.17, 15) is 0 Å². The summed E-state index contributed by atoms with van der Waals surface area (Å²) in [4.78, 5) is 8.94. The second-order valence-electron chi connectivity index (χ2n) is 6.23. The average molecular weight is 361 g/mol. The van der Waals surface area contributed by atoms with Crippen molar-refractivity contribution in [2.24, 2.45) is 9.98 Å². The molecule has 0 aliphatic carbocycles. The van der Waals surface area contributed by atoms with E-state index in [4.69, 9.17) is 23.2 Å². The molecule has 2 aromatic carbocycles. The van der Waals surface area contributed by atoms with Gasteiger partial charge in [0.25, 0.3) is 0 Å². The van der Waals surface area contributed by atoms with Crippen LogP contribution in [0.3, 0.4) is 0 Å². The van der Waals surface area contributed by atoms with Gasteiger partial charge in [0.2, 0.25) is 0 Å². The number of aliphatic imine (C=N–C) groups is 2. The molecular formula is C20H22Cl2N2. The fraction of sp³-hybridized carbons (Fsp3) is 0.300. The van der Waals surface area contributed by atoms with Gasteiger partial charge in [0.05, 0.1) is 11.4 Å². The summed E-state index contributed by atoms with van der Waals surface area (Å²) >= 11 is 12.6. The maximum absolute atomic E-state index is 6.31. The third-order valence-electron chi connectivity index (χ3n) is 3.72. The van der Waals surface area contributed by atoms with Crippen LogP contribution in [0, 0.1) is 0 Å². The van der Waals surface area contributed by atoms with E-state index in [2.05, 4.69) is 37.7 Å². The van der Waals surface area contributed by atoms with Crippen molar-refractivity contribution in [2.75, 3.05) is 0 Å². The molecule has 0 unspecified atom stereocenters. The Morgan fingerprint density at radius 1 is 0.667 bits per heavy atom. The minimum atomic E-state index is 0.198. The quantitative estimate of drug-likeness (QED) is 0.504. The number of para-hydroxylation sites is 2. The van der Waals surface area contributed by atoms with Gasteiger partial charge in [0, 0.05) is 0 Å². The standard InChI is InChI=1S/C20H22Cl2N2/c1-13(2)15-9-5-7-11-17(15)23-19(21)20(22)24-18-12-8-6-10-16(18)14(3)4/h5-14H,1-4H3. The van der Waals surface area contributed by atoms with Gasteiger partial charge in [-0.25, -0.2) is 9.98 Å². The molecule has 0 fully saturated rings. The van der Waals surface area contributed by atoms with E-state index < -0.39 is 0 Å². The molecule has 0 aromatic heterocycles. The average Bonchev–Trinajstić information content (AvgIpc) is 2.55. The summed E-state index contributed by atoms with van der Waals surface area (Å²) in [5.41, 5.74) is 3.90. The molecule has 0 N–H and O–H groups in total. The van der Waals surface area contributed by atoms with Crippen LogP contribution >= 0.6 is 23.2 Å².